The van der Waals surface area contributed by atoms with E-state index in [1.807, 2.05) is 17.4 Å². The van der Waals surface area contributed by atoms with E-state index in [-0.39, 0.29) is 0 Å². The molecule has 1 aliphatic rings. The summed E-state index contributed by atoms with van der Waals surface area (Å²) in [4.78, 5) is 2.31. The van der Waals surface area contributed by atoms with Crippen LogP contribution < -0.4 is 14.2 Å². The molecule has 0 atom stereocenters. The SMILES string of the molecule is COc1ccc2c(c1)CC/C(=C\c1sc3ccccc3[n+]1C)N2C. The second-order valence-electron chi connectivity index (χ2n) is 6.16. The number of rotatable bonds is 2. The fourth-order valence-corrected chi connectivity index (χ4v) is 4.47. The van der Waals surface area contributed by atoms with Gasteiger partial charge in [-0.05, 0) is 42.7 Å². The van der Waals surface area contributed by atoms with Crippen LogP contribution in [-0.4, -0.2) is 14.2 Å². The molecular formula is C20H21N2OS+. The van der Waals surface area contributed by atoms with Crippen molar-refractivity contribution in [1.82, 2.24) is 0 Å². The summed E-state index contributed by atoms with van der Waals surface area (Å²) in [5.74, 6) is 0.936. The van der Waals surface area contributed by atoms with Gasteiger partial charge in [-0.1, -0.05) is 23.5 Å². The molecule has 2 aromatic carbocycles. The number of hydrogen-bond acceptors (Lipinski definition) is 3. The number of fused-ring (bicyclic) bond motifs is 2. The minimum absolute atomic E-state index is 0.936. The van der Waals surface area contributed by atoms with Crippen molar-refractivity contribution in [3.63, 3.8) is 0 Å². The number of thiazole rings is 1. The zero-order valence-corrected chi connectivity index (χ0v) is 15.1. The lowest BCUT2D eigenvalue weighted by Crippen LogP contribution is -2.30. The molecule has 0 unspecified atom stereocenters. The summed E-state index contributed by atoms with van der Waals surface area (Å²) in [6.07, 6.45) is 4.43. The van der Waals surface area contributed by atoms with Crippen molar-refractivity contribution in [1.29, 1.82) is 0 Å². The van der Waals surface area contributed by atoms with Crippen molar-refractivity contribution >= 4 is 33.3 Å². The van der Waals surface area contributed by atoms with Crippen LogP contribution in [0, 0.1) is 0 Å². The summed E-state index contributed by atoms with van der Waals surface area (Å²) in [5.41, 5.74) is 5.28. The average Bonchev–Trinajstić information content (AvgIpc) is 2.93. The molecule has 4 rings (SSSR count). The molecular weight excluding hydrogens is 316 g/mol. The van der Waals surface area contributed by atoms with Crippen LogP contribution >= 0.6 is 11.3 Å². The van der Waals surface area contributed by atoms with E-state index in [1.165, 1.54) is 32.2 Å². The Morgan fingerprint density at radius 2 is 2.00 bits per heavy atom. The van der Waals surface area contributed by atoms with Gasteiger partial charge in [-0.15, -0.1) is 0 Å². The first-order valence-electron chi connectivity index (χ1n) is 8.16. The number of nitrogens with zero attached hydrogens (tertiary/aromatic N) is 2. The van der Waals surface area contributed by atoms with Gasteiger partial charge in [-0.3, -0.25) is 0 Å². The number of methoxy groups -OCH3 is 1. The van der Waals surface area contributed by atoms with Gasteiger partial charge >= 0.3 is 0 Å². The van der Waals surface area contributed by atoms with Gasteiger partial charge < -0.3 is 9.64 Å². The van der Waals surface area contributed by atoms with Crippen molar-refractivity contribution < 1.29 is 9.30 Å². The van der Waals surface area contributed by atoms with E-state index in [4.69, 9.17) is 4.74 Å². The molecule has 0 fully saturated rings. The first-order chi connectivity index (χ1) is 11.7. The van der Waals surface area contributed by atoms with E-state index in [9.17, 15) is 0 Å². The monoisotopic (exact) mass is 337 g/mol. The molecule has 2 heterocycles. The third kappa shape index (κ3) is 2.47. The lowest BCUT2D eigenvalue weighted by molar-refractivity contribution is -0.642. The van der Waals surface area contributed by atoms with Gasteiger partial charge in [0, 0.05) is 30.6 Å². The van der Waals surface area contributed by atoms with Gasteiger partial charge in [0.25, 0.3) is 5.01 Å². The zero-order chi connectivity index (χ0) is 16.7. The summed E-state index contributed by atoms with van der Waals surface area (Å²) in [5, 5.41) is 1.29. The molecule has 4 heteroatoms. The molecule has 0 N–H and O–H groups in total. The maximum Gasteiger partial charge on any atom is 0.264 e. The van der Waals surface area contributed by atoms with Gasteiger partial charge in [-0.2, -0.15) is 4.57 Å². The summed E-state index contributed by atoms with van der Waals surface area (Å²) < 4.78 is 8.96. The molecule has 0 spiro atoms. The molecule has 122 valence electrons. The Bertz CT molecular complexity index is 942. The van der Waals surface area contributed by atoms with E-state index >= 15 is 0 Å². The highest BCUT2D eigenvalue weighted by Gasteiger charge is 2.21. The Morgan fingerprint density at radius 1 is 1.17 bits per heavy atom. The highest BCUT2D eigenvalue weighted by Crippen LogP contribution is 2.35. The maximum absolute atomic E-state index is 5.35. The molecule has 24 heavy (non-hydrogen) atoms. The minimum Gasteiger partial charge on any atom is -0.497 e. The lowest BCUT2D eigenvalue weighted by atomic mass is 9.99. The number of ether oxygens (including phenoxy) is 1. The Balaban J connectivity index is 1.73. The van der Waals surface area contributed by atoms with Crippen LogP contribution in [0.3, 0.4) is 0 Å². The smallest absolute Gasteiger partial charge is 0.264 e. The molecule has 0 radical (unpaired) electrons. The number of aromatic nitrogens is 1. The van der Waals surface area contributed by atoms with E-state index < -0.39 is 0 Å². The molecule has 3 nitrogen and oxygen atoms in total. The van der Waals surface area contributed by atoms with Crippen LogP contribution in [0.25, 0.3) is 16.3 Å². The van der Waals surface area contributed by atoms with Crippen LogP contribution in [0.2, 0.25) is 0 Å². The first kappa shape index (κ1) is 15.2. The van der Waals surface area contributed by atoms with Crippen LogP contribution in [0.4, 0.5) is 5.69 Å². The summed E-state index contributed by atoms with van der Waals surface area (Å²) in [7, 11) is 6.03. The lowest BCUT2D eigenvalue weighted by Gasteiger charge is -2.30. The third-order valence-electron chi connectivity index (χ3n) is 4.79. The number of hydrogen-bond donors (Lipinski definition) is 0. The molecule has 0 amide bonds. The predicted molar refractivity (Wildman–Crippen MR) is 101 cm³/mol. The first-order valence-corrected chi connectivity index (χ1v) is 8.98. The number of anilines is 1. The van der Waals surface area contributed by atoms with Gasteiger partial charge in [0.05, 0.1) is 7.11 Å². The minimum atomic E-state index is 0.936. The van der Waals surface area contributed by atoms with Gasteiger partial charge in [0.2, 0.25) is 5.52 Å². The number of aryl methyl sites for hydroxylation is 2. The molecule has 1 aromatic heterocycles. The Hall–Kier alpha value is -2.33. The van der Waals surface area contributed by atoms with E-state index in [2.05, 4.69) is 66.0 Å². The van der Waals surface area contributed by atoms with Crippen molar-refractivity contribution in [3.05, 3.63) is 58.7 Å². The molecule has 1 aliphatic heterocycles. The van der Waals surface area contributed by atoms with Crippen molar-refractivity contribution in [2.75, 3.05) is 19.1 Å². The summed E-state index contributed by atoms with van der Waals surface area (Å²) in [6, 6.07) is 14.9. The Kier molecular flexibility index (Phi) is 3.77. The predicted octanol–water partition coefficient (Wildman–Crippen LogP) is 4.16. The van der Waals surface area contributed by atoms with Crippen LogP contribution in [0.5, 0.6) is 5.75 Å². The third-order valence-corrected chi connectivity index (χ3v) is 5.96. The molecule has 0 bridgehead atoms. The van der Waals surface area contributed by atoms with Gasteiger partial charge in [0.15, 0.2) is 0 Å². The van der Waals surface area contributed by atoms with Crippen molar-refractivity contribution in [2.45, 2.75) is 12.8 Å². The second kappa shape index (κ2) is 5.95. The Morgan fingerprint density at radius 3 is 2.79 bits per heavy atom. The standard InChI is InChI=1S/C20H21N2OS/c1-21-15(9-8-14-12-16(23-3)10-11-17(14)21)13-20-22(2)18-6-4-5-7-19(18)24-20/h4-7,10-13H,8-9H2,1-3H3/q+1. The fraction of sp³-hybridized carbons (Fsp3) is 0.250. The number of allylic oxidation sites excluding steroid dienone is 1. The summed E-state index contributed by atoms with van der Waals surface area (Å²) in [6.45, 7) is 0. The van der Waals surface area contributed by atoms with Crippen LogP contribution in [0.1, 0.15) is 17.0 Å². The van der Waals surface area contributed by atoms with Gasteiger partial charge in [0.1, 0.15) is 17.5 Å². The van der Waals surface area contributed by atoms with Crippen molar-refractivity contribution in [2.24, 2.45) is 7.05 Å². The largest absolute Gasteiger partial charge is 0.497 e. The highest BCUT2D eigenvalue weighted by atomic mass is 32.1. The fourth-order valence-electron chi connectivity index (χ4n) is 3.36. The molecule has 0 saturated carbocycles. The maximum atomic E-state index is 5.35. The molecule has 3 aromatic rings. The van der Waals surface area contributed by atoms with Crippen LogP contribution in [0.15, 0.2) is 48.2 Å². The molecule has 0 saturated heterocycles. The Labute approximate surface area is 146 Å². The number of benzene rings is 2. The quantitative estimate of drug-likeness (QED) is 0.653. The van der Waals surface area contributed by atoms with E-state index in [0.29, 0.717) is 0 Å². The second-order valence-corrected chi connectivity index (χ2v) is 7.22. The topological polar surface area (TPSA) is 16.4 Å². The van der Waals surface area contributed by atoms with E-state index in [1.54, 1.807) is 7.11 Å². The molecule has 0 aliphatic carbocycles. The zero-order valence-electron chi connectivity index (χ0n) is 14.2. The summed E-state index contributed by atoms with van der Waals surface area (Å²) >= 11 is 1.85. The van der Waals surface area contributed by atoms with Crippen molar-refractivity contribution in [3.8, 4) is 5.75 Å². The normalized spacial score (nSPS) is 15.8. The van der Waals surface area contributed by atoms with E-state index in [0.717, 1.165) is 18.6 Å². The van der Waals surface area contributed by atoms with Gasteiger partial charge in [-0.25, -0.2) is 0 Å². The average molecular weight is 337 g/mol. The van der Waals surface area contributed by atoms with Crippen LogP contribution in [-0.2, 0) is 13.5 Å². The highest BCUT2D eigenvalue weighted by molar-refractivity contribution is 7.18. The number of para-hydroxylation sites is 1.